The molecule has 8 nitrogen and oxygen atoms in total. The molecule has 0 unspecified atom stereocenters. The monoisotopic (exact) mass is 358 g/mol. The zero-order chi connectivity index (χ0) is 20.6. The summed E-state index contributed by atoms with van der Waals surface area (Å²) >= 11 is 0. The topological polar surface area (TPSA) is 61.9 Å². The number of anilines is 4. The molecule has 0 fully saturated rings. The van der Waals surface area contributed by atoms with Gasteiger partial charge in [0, 0.05) is 12.1 Å². The highest BCUT2D eigenvalue weighted by atomic mass is 16.5. The largest absolute Gasteiger partial charge is 0.565 e. The van der Waals surface area contributed by atoms with Gasteiger partial charge in [-0.15, -0.1) is 0 Å². The minimum atomic E-state index is -0.149. The Morgan fingerprint density at radius 1 is 0.500 bits per heavy atom. The lowest BCUT2D eigenvalue weighted by molar-refractivity contribution is 0.502. The molecule has 0 spiro atoms. The number of hydrogen-bond acceptors (Lipinski definition) is 8. The lowest BCUT2D eigenvalue weighted by Crippen LogP contribution is -2.28. The van der Waals surface area contributed by atoms with Crippen LogP contribution < -0.4 is 37.5 Å². The van der Waals surface area contributed by atoms with Crippen LogP contribution in [0.25, 0.3) is 0 Å². The average Bonchev–Trinajstić information content (AvgIpc) is 2.73. The average molecular weight is 357 g/mol. The van der Waals surface area contributed by atoms with Gasteiger partial charge >= 0.3 is 48.3 Å². The van der Waals surface area contributed by atoms with Gasteiger partial charge in [-0.05, 0) is 0 Å². The molecule has 0 bridgehead atoms. The van der Waals surface area contributed by atoms with E-state index in [1.54, 1.807) is 0 Å². The molecular formula is C12H2B8N2O6. The van der Waals surface area contributed by atoms with Crippen LogP contribution in [-0.2, 0) is 0 Å². The molecule has 0 aliphatic carbocycles. The molecule has 0 amide bonds. The van der Waals surface area contributed by atoms with Gasteiger partial charge in [0.1, 0.15) is 11.5 Å². The Morgan fingerprint density at radius 2 is 0.821 bits per heavy atom. The number of fused-ring (bicyclic) bond motifs is 2. The summed E-state index contributed by atoms with van der Waals surface area (Å²) in [7, 11) is 44.2. The predicted molar refractivity (Wildman–Crippen MR) is 107 cm³/mol. The van der Waals surface area contributed by atoms with Gasteiger partial charge in [0.2, 0.25) is 16.0 Å². The van der Waals surface area contributed by atoms with Crippen LogP contribution in [0.15, 0.2) is 12.1 Å². The van der Waals surface area contributed by atoms with Gasteiger partial charge in [-0.25, -0.2) is 0 Å². The molecule has 16 radical (unpaired) electrons. The number of rotatable bonds is 6. The molecule has 16 heteroatoms. The molecule has 1 aliphatic rings. The normalized spacial score (nSPS) is 11.9. The van der Waals surface area contributed by atoms with E-state index in [4.69, 9.17) is 92.2 Å². The van der Waals surface area contributed by atoms with E-state index in [2.05, 4.69) is 0 Å². The smallest absolute Gasteiger partial charge is 0.374 e. The first kappa shape index (κ1) is 20.1. The van der Waals surface area contributed by atoms with Crippen molar-refractivity contribution in [3.05, 3.63) is 12.1 Å². The van der Waals surface area contributed by atoms with E-state index in [-0.39, 0.29) is 57.2 Å². The summed E-state index contributed by atoms with van der Waals surface area (Å²) in [5.41, 5.74) is 0.594. The van der Waals surface area contributed by atoms with Crippen molar-refractivity contribution in [1.82, 2.24) is 0 Å². The fourth-order valence-corrected chi connectivity index (χ4v) is 2.88. The van der Waals surface area contributed by atoms with Crippen LogP contribution in [0.3, 0.4) is 0 Å². The molecule has 0 aromatic heterocycles. The quantitative estimate of drug-likeness (QED) is 0.625. The van der Waals surface area contributed by atoms with Crippen LogP contribution in [0.2, 0.25) is 0 Å². The van der Waals surface area contributed by atoms with Crippen LogP contribution in [-0.4, -0.2) is 64.3 Å². The van der Waals surface area contributed by atoms with Gasteiger partial charge in [-0.1, -0.05) is 0 Å². The molecule has 0 saturated carbocycles. The summed E-state index contributed by atoms with van der Waals surface area (Å²) in [5, 5.41) is 0. The molecule has 0 N–H and O–H groups in total. The van der Waals surface area contributed by atoms with E-state index < -0.39 is 0 Å². The van der Waals surface area contributed by atoms with Crippen LogP contribution in [0.5, 0.6) is 34.5 Å². The third-order valence-electron chi connectivity index (χ3n) is 4.04. The zero-order valence-electron chi connectivity index (χ0n) is 14.1. The molecular weight excluding hydrogens is 355 g/mol. The Morgan fingerprint density at radius 3 is 1.07 bits per heavy atom. The lowest BCUT2D eigenvalue weighted by Gasteiger charge is -2.40. The summed E-state index contributed by atoms with van der Waals surface area (Å²) in [4.78, 5) is 2.20. The van der Waals surface area contributed by atoms with Crippen molar-refractivity contribution >= 4 is 87.0 Å². The first-order valence-corrected chi connectivity index (χ1v) is 7.20. The molecule has 1 heterocycles. The van der Waals surface area contributed by atoms with Crippen LogP contribution in [0.4, 0.5) is 22.7 Å². The maximum Gasteiger partial charge on any atom is 0.374 e. The second-order valence-electron chi connectivity index (χ2n) is 5.25. The van der Waals surface area contributed by atoms with Crippen molar-refractivity contribution in [3.8, 4) is 34.5 Å². The summed E-state index contributed by atoms with van der Waals surface area (Å²) in [5.74, 6) is -0.725. The first-order valence-electron chi connectivity index (χ1n) is 7.20. The third kappa shape index (κ3) is 2.73. The second-order valence-corrected chi connectivity index (χ2v) is 5.25. The minimum absolute atomic E-state index is 0.0681. The van der Waals surface area contributed by atoms with Gasteiger partial charge in [0.05, 0.1) is 22.7 Å². The fraction of sp³-hybridized carbons (Fsp3) is 0. The molecule has 1 aliphatic heterocycles. The SMILES string of the molecule is [B]Oc1cc2c(c(O[B])c1O[B])N([B])c1cc(O[B])c(O[B])c(O[B])c1N2[B]. The van der Waals surface area contributed by atoms with Crippen LogP contribution in [0.1, 0.15) is 0 Å². The van der Waals surface area contributed by atoms with E-state index in [0.29, 0.717) is 0 Å². The number of benzene rings is 2. The van der Waals surface area contributed by atoms with Crippen molar-refractivity contribution < 1.29 is 27.9 Å². The predicted octanol–water partition coefficient (Wildman–Crippen LogP) is -0.783. The van der Waals surface area contributed by atoms with E-state index in [0.717, 1.165) is 9.62 Å². The molecule has 2 aromatic carbocycles. The maximum atomic E-state index is 6.23. The summed E-state index contributed by atoms with van der Waals surface area (Å²) in [6, 6.07) is 2.69. The van der Waals surface area contributed by atoms with Crippen molar-refractivity contribution in [2.24, 2.45) is 0 Å². The Labute approximate surface area is 171 Å². The van der Waals surface area contributed by atoms with E-state index in [1.807, 2.05) is 0 Å². The Hall–Kier alpha value is -2.64. The molecule has 120 valence electrons. The summed E-state index contributed by atoms with van der Waals surface area (Å²) < 4.78 is 28.7. The minimum Gasteiger partial charge on any atom is -0.565 e. The van der Waals surface area contributed by atoms with E-state index in [1.165, 1.54) is 12.1 Å². The molecule has 28 heavy (non-hydrogen) atoms. The van der Waals surface area contributed by atoms with Crippen molar-refractivity contribution in [2.75, 3.05) is 9.62 Å². The van der Waals surface area contributed by atoms with E-state index in [9.17, 15) is 0 Å². The Balaban J connectivity index is 2.38. The Bertz CT molecular complexity index is 845. The molecule has 0 saturated heterocycles. The first-order chi connectivity index (χ1) is 13.5. The highest BCUT2D eigenvalue weighted by Crippen LogP contribution is 2.60. The maximum absolute atomic E-state index is 6.23. The van der Waals surface area contributed by atoms with Gasteiger partial charge in [-0.2, -0.15) is 0 Å². The van der Waals surface area contributed by atoms with Crippen molar-refractivity contribution in [1.29, 1.82) is 0 Å². The second kappa shape index (κ2) is 7.77. The number of hydrogen-bond donors (Lipinski definition) is 0. The van der Waals surface area contributed by atoms with Gasteiger partial charge in [0.15, 0.2) is 23.0 Å². The summed E-state index contributed by atoms with van der Waals surface area (Å²) in [6.45, 7) is 0. The van der Waals surface area contributed by atoms with Gasteiger partial charge < -0.3 is 37.5 Å². The Kier molecular flexibility index (Phi) is 5.58. The molecule has 3 rings (SSSR count). The summed E-state index contributed by atoms with van der Waals surface area (Å²) in [6.07, 6.45) is 0. The van der Waals surface area contributed by atoms with E-state index >= 15 is 0 Å². The highest BCUT2D eigenvalue weighted by Gasteiger charge is 2.34. The van der Waals surface area contributed by atoms with Crippen molar-refractivity contribution in [3.63, 3.8) is 0 Å². The number of nitrogens with zero attached hydrogens (tertiary/aromatic N) is 2. The molecule has 0 atom stereocenters. The van der Waals surface area contributed by atoms with Crippen LogP contribution >= 0.6 is 0 Å². The third-order valence-corrected chi connectivity index (χ3v) is 4.04. The van der Waals surface area contributed by atoms with Gasteiger partial charge in [-0.3, -0.25) is 0 Å². The van der Waals surface area contributed by atoms with Crippen molar-refractivity contribution in [2.45, 2.75) is 0 Å². The van der Waals surface area contributed by atoms with Crippen LogP contribution in [0, 0.1) is 0 Å². The zero-order valence-corrected chi connectivity index (χ0v) is 14.1. The lowest BCUT2D eigenvalue weighted by atomic mass is 9.97. The highest BCUT2D eigenvalue weighted by molar-refractivity contribution is 6.34. The van der Waals surface area contributed by atoms with Gasteiger partial charge in [0.25, 0.3) is 0 Å². The molecule has 2 aromatic rings. The fourth-order valence-electron chi connectivity index (χ4n) is 2.88. The standard InChI is InChI=1S/C12H2B8N2O6/c13-21-3-1-5(23-15)9(25-17)11(27-19)7(3)22(14)4-2-6(24-16)10(26-18)12(28-20)8(4)21/h1-2H.